The van der Waals surface area contributed by atoms with E-state index in [1.165, 1.54) is 16.4 Å². The molecule has 1 fully saturated rings. The average molecular weight is 362 g/mol. The van der Waals surface area contributed by atoms with Gasteiger partial charge in [0.15, 0.2) is 0 Å². The SMILES string of the molecule is Cc1ccc(NC(=O)[C@@H]2CCCN2S(=O)(=O)c2ccc(F)cc2)cc1. The van der Waals surface area contributed by atoms with Crippen molar-refractivity contribution in [3.8, 4) is 0 Å². The van der Waals surface area contributed by atoms with Crippen LogP contribution in [0.4, 0.5) is 10.1 Å². The highest BCUT2D eigenvalue weighted by Gasteiger charge is 2.39. The highest BCUT2D eigenvalue weighted by Crippen LogP contribution is 2.27. The van der Waals surface area contributed by atoms with Crippen molar-refractivity contribution in [1.29, 1.82) is 0 Å². The molecule has 2 aromatic carbocycles. The van der Waals surface area contributed by atoms with Gasteiger partial charge in [0.2, 0.25) is 15.9 Å². The standard InChI is InChI=1S/C18H19FN2O3S/c1-13-4-8-15(9-5-13)20-18(22)17-3-2-12-21(17)25(23,24)16-10-6-14(19)7-11-16/h4-11,17H,2-3,12H2,1H3,(H,20,22)/t17-/m0/s1. The van der Waals surface area contributed by atoms with Gasteiger partial charge in [-0.05, 0) is 56.2 Å². The molecule has 0 bridgehead atoms. The molecule has 1 aliphatic heterocycles. The molecule has 1 saturated heterocycles. The van der Waals surface area contributed by atoms with Crippen LogP contribution in [0.1, 0.15) is 18.4 Å². The first-order valence-corrected chi connectivity index (χ1v) is 9.47. The van der Waals surface area contributed by atoms with Crippen LogP contribution in [0, 0.1) is 12.7 Å². The molecular weight excluding hydrogens is 343 g/mol. The van der Waals surface area contributed by atoms with E-state index in [0.717, 1.165) is 17.7 Å². The largest absolute Gasteiger partial charge is 0.325 e. The molecule has 0 aliphatic carbocycles. The van der Waals surface area contributed by atoms with Gasteiger partial charge in [-0.1, -0.05) is 17.7 Å². The first kappa shape index (κ1) is 17.6. The Hall–Kier alpha value is -2.25. The van der Waals surface area contributed by atoms with Crippen molar-refractivity contribution in [1.82, 2.24) is 4.31 Å². The van der Waals surface area contributed by atoms with Crippen molar-refractivity contribution in [2.75, 3.05) is 11.9 Å². The van der Waals surface area contributed by atoms with Gasteiger partial charge in [0.1, 0.15) is 11.9 Å². The number of carbonyl (C=O) groups is 1. The number of sulfonamides is 1. The predicted octanol–water partition coefficient (Wildman–Crippen LogP) is 2.93. The van der Waals surface area contributed by atoms with E-state index in [2.05, 4.69) is 5.32 Å². The van der Waals surface area contributed by atoms with Crippen LogP contribution in [0.5, 0.6) is 0 Å². The lowest BCUT2D eigenvalue weighted by molar-refractivity contribution is -0.119. The molecule has 5 nitrogen and oxygen atoms in total. The maximum Gasteiger partial charge on any atom is 0.243 e. The van der Waals surface area contributed by atoms with Crippen molar-refractivity contribution in [3.63, 3.8) is 0 Å². The third-order valence-corrected chi connectivity index (χ3v) is 6.17. The highest BCUT2D eigenvalue weighted by atomic mass is 32.2. The van der Waals surface area contributed by atoms with E-state index in [4.69, 9.17) is 0 Å². The van der Waals surface area contributed by atoms with E-state index in [1.807, 2.05) is 19.1 Å². The van der Waals surface area contributed by atoms with Gasteiger partial charge in [-0.3, -0.25) is 4.79 Å². The lowest BCUT2D eigenvalue weighted by Gasteiger charge is -2.23. The van der Waals surface area contributed by atoms with E-state index in [1.54, 1.807) is 12.1 Å². The lowest BCUT2D eigenvalue weighted by atomic mass is 10.2. The number of anilines is 1. The summed E-state index contributed by atoms with van der Waals surface area (Å²) in [7, 11) is -3.84. The Bertz CT molecular complexity index is 864. The molecule has 1 aliphatic rings. The number of hydrogen-bond acceptors (Lipinski definition) is 3. The molecule has 0 spiro atoms. The molecule has 2 aromatic rings. The van der Waals surface area contributed by atoms with Gasteiger partial charge in [0, 0.05) is 12.2 Å². The summed E-state index contributed by atoms with van der Waals surface area (Å²) in [6.07, 6.45) is 1.06. The summed E-state index contributed by atoms with van der Waals surface area (Å²) < 4.78 is 39.8. The van der Waals surface area contributed by atoms with Crippen LogP contribution in [-0.2, 0) is 14.8 Å². The maximum atomic E-state index is 13.1. The third kappa shape index (κ3) is 3.72. The average Bonchev–Trinajstić information content (AvgIpc) is 3.08. The molecule has 1 heterocycles. The molecule has 25 heavy (non-hydrogen) atoms. The fourth-order valence-electron chi connectivity index (χ4n) is 2.89. The molecule has 0 unspecified atom stereocenters. The van der Waals surface area contributed by atoms with Crippen molar-refractivity contribution >= 4 is 21.6 Å². The minimum absolute atomic E-state index is 0.0102. The van der Waals surface area contributed by atoms with E-state index >= 15 is 0 Å². The van der Waals surface area contributed by atoms with Crippen LogP contribution < -0.4 is 5.32 Å². The molecule has 1 atom stereocenters. The lowest BCUT2D eigenvalue weighted by Crippen LogP contribution is -2.43. The second-order valence-corrected chi connectivity index (χ2v) is 7.97. The van der Waals surface area contributed by atoms with Crippen LogP contribution in [0.3, 0.4) is 0 Å². The number of amides is 1. The van der Waals surface area contributed by atoms with Crippen molar-refractivity contribution in [3.05, 3.63) is 59.9 Å². The second kappa shape index (κ2) is 6.93. The summed E-state index contributed by atoms with van der Waals surface area (Å²) in [4.78, 5) is 12.6. The number of carbonyl (C=O) groups excluding carboxylic acids is 1. The summed E-state index contributed by atoms with van der Waals surface area (Å²) in [5.74, 6) is -0.860. The Kier molecular flexibility index (Phi) is 4.87. The predicted molar refractivity (Wildman–Crippen MR) is 93.1 cm³/mol. The first-order valence-electron chi connectivity index (χ1n) is 8.03. The monoisotopic (exact) mass is 362 g/mol. The number of nitrogens with zero attached hydrogens (tertiary/aromatic N) is 1. The summed E-state index contributed by atoms with van der Waals surface area (Å²) in [6, 6.07) is 11.2. The minimum Gasteiger partial charge on any atom is -0.325 e. The summed E-state index contributed by atoms with van der Waals surface area (Å²) in [5.41, 5.74) is 1.70. The van der Waals surface area contributed by atoms with Crippen molar-refractivity contribution in [2.24, 2.45) is 0 Å². The quantitative estimate of drug-likeness (QED) is 0.909. The Morgan fingerprint density at radius 3 is 2.40 bits per heavy atom. The van der Waals surface area contributed by atoms with E-state index in [0.29, 0.717) is 18.5 Å². The maximum absolute atomic E-state index is 13.1. The summed E-state index contributed by atoms with van der Waals surface area (Å²) in [5, 5.41) is 2.77. The highest BCUT2D eigenvalue weighted by molar-refractivity contribution is 7.89. The van der Waals surface area contributed by atoms with Gasteiger partial charge in [-0.15, -0.1) is 0 Å². The second-order valence-electron chi connectivity index (χ2n) is 6.08. The zero-order valence-corrected chi connectivity index (χ0v) is 14.6. The van der Waals surface area contributed by atoms with Gasteiger partial charge in [-0.2, -0.15) is 4.31 Å². The van der Waals surface area contributed by atoms with Gasteiger partial charge >= 0.3 is 0 Å². The van der Waals surface area contributed by atoms with Gasteiger partial charge < -0.3 is 5.32 Å². The Morgan fingerprint density at radius 2 is 1.76 bits per heavy atom. The Labute approximate surface area is 146 Å². The fourth-order valence-corrected chi connectivity index (χ4v) is 4.55. The Morgan fingerprint density at radius 1 is 1.12 bits per heavy atom. The van der Waals surface area contributed by atoms with E-state index in [-0.39, 0.29) is 17.3 Å². The smallest absolute Gasteiger partial charge is 0.243 e. The summed E-state index contributed by atoms with van der Waals surface area (Å²) >= 11 is 0. The van der Waals surface area contributed by atoms with Crippen LogP contribution >= 0.6 is 0 Å². The Balaban J connectivity index is 1.80. The van der Waals surface area contributed by atoms with Gasteiger partial charge in [-0.25, -0.2) is 12.8 Å². The van der Waals surface area contributed by atoms with Gasteiger partial charge in [0.05, 0.1) is 4.90 Å². The van der Waals surface area contributed by atoms with Crippen LogP contribution in [-0.4, -0.2) is 31.2 Å². The molecule has 0 saturated carbocycles. The molecule has 0 radical (unpaired) electrons. The molecule has 7 heteroatoms. The minimum atomic E-state index is -3.84. The molecule has 3 rings (SSSR count). The number of hydrogen-bond donors (Lipinski definition) is 1. The number of benzene rings is 2. The van der Waals surface area contributed by atoms with E-state index in [9.17, 15) is 17.6 Å². The molecule has 1 amide bonds. The summed E-state index contributed by atoms with van der Waals surface area (Å²) in [6.45, 7) is 2.21. The molecule has 0 aromatic heterocycles. The molecular formula is C18H19FN2O3S. The van der Waals surface area contributed by atoms with Crippen molar-refractivity contribution < 1.29 is 17.6 Å². The zero-order valence-electron chi connectivity index (χ0n) is 13.8. The molecule has 1 N–H and O–H groups in total. The van der Waals surface area contributed by atoms with Gasteiger partial charge in [0.25, 0.3) is 0 Å². The fraction of sp³-hybridized carbons (Fsp3) is 0.278. The van der Waals surface area contributed by atoms with E-state index < -0.39 is 21.9 Å². The number of halogens is 1. The van der Waals surface area contributed by atoms with Crippen LogP contribution in [0.2, 0.25) is 0 Å². The first-order chi connectivity index (χ1) is 11.9. The number of aryl methyl sites for hydroxylation is 1. The van der Waals surface area contributed by atoms with Crippen LogP contribution in [0.15, 0.2) is 53.4 Å². The number of nitrogens with one attached hydrogen (secondary N) is 1. The molecule has 132 valence electrons. The third-order valence-electron chi connectivity index (χ3n) is 4.25. The van der Waals surface area contributed by atoms with Crippen LogP contribution in [0.25, 0.3) is 0 Å². The topological polar surface area (TPSA) is 66.5 Å². The van der Waals surface area contributed by atoms with Crippen molar-refractivity contribution in [2.45, 2.75) is 30.7 Å². The zero-order chi connectivity index (χ0) is 18.0. The number of rotatable bonds is 4. The normalized spacial score (nSPS) is 18.2.